The first-order valence-electron chi connectivity index (χ1n) is 10.4. The summed E-state index contributed by atoms with van der Waals surface area (Å²) in [5.41, 5.74) is 2.74. The van der Waals surface area contributed by atoms with Crippen LogP contribution in [-0.2, 0) is 16.1 Å². The summed E-state index contributed by atoms with van der Waals surface area (Å²) in [6.07, 6.45) is 1.08. The van der Waals surface area contributed by atoms with Crippen molar-refractivity contribution in [2.24, 2.45) is 0 Å². The third-order valence-corrected chi connectivity index (χ3v) is 4.98. The number of esters is 1. The molecule has 1 aliphatic heterocycles. The van der Waals surface area contributed by atoms with Gasteiger partial charge in [-0.25, -0.2) is 9.59 Å². The van der Waals surface area contributed by atoms with Crippen molar-refractivity contribution in [3.63, 3.8) is 0 Å². The molecule has 0 saturated heterocycles. The molecular weight excluding hydrogens is 416 g/mol. The summed E-state index contributed by atoms with van der Waals surface area (Å²) in [4.78, 5) is 25.2. The second kappa shape index (κ2) is 10.4. The number of halogens is 1. The fourth-order valence-electron chi connectivity index (χ4n) is 3.36. The van der Waals surface area contributed by atoms with Crippen molar-refractivity contribution in [2.45, 2.75) is 52.4 Å². The summed E-state index contributed by atoms with van der Waals surface area (Å²) in [5.74, 6) is 0.192. The van der Waals surface area contributed by atoms with E-state index in [1.165, 1.54) is 0 Å². The number of rotatable bonds is 8. The van der Waals surface area contributed by atoms with Gasteiger partial charge in [0.05, 0.1) is 17.7 Å². The Morgan fingerprint density at radius 3 is 2.58 bits per heavy atom. The van der Waals surface area contributed by atoms with Crippen molar-refractivity contribution < 1.29 is 19.1 Å². The Morgan fingerprint density at radius 1 is 1.16 bits per heavy atom. The molecule has 0 saturated carbocycles. The number of urea groups is 1. The van der Waals surface area contributed by atoms with E-state index in [2.05, 4.69) is 10.6 Å². The topological polar surface area (TPSA) is 76.7 Å². The van der Waals surface area contributed by atoms with Crippen LogP contribution in [0.3, 0.4) is 0 Å². The van der Waals surface area contributed by atoms with E-state index in [1.54, 1.807) is 13.8 Å². The summed E-state index contributed by atoms with van der Waals surface area (Å²) in [5, 5.41) is 6.30. The van der Waals surface area contributed by atoms with Gasteiger partial charge in [-0.3, -0.25) is 0 Å². The first kappa shape index (κ1) is 22.7. The highest BCUT2D eigenvalue weighted by molar-refractivity contribution is 6.30. The number of carbonyl (C=O) groups excluding carboxylic acids is 2. The van der Waals surface area contributed by atoms with Crippen LogP contribution in [0.25, 0.3) is 0 Å². The highest BCUT2D eigenvalue weighted by Crippen LogP contribution is 2.31. The monoisotopic (exact) mass is 442 g/mol. The van der Waals surface area contributed by atoms with Gasteiger partial charge in [0, 0.05) is 10.7 Å². The largest absolute Gasteiger partial charge is 0.489 e. The standard InChI is InChI=1S/C24H27ClN2O4/c1-4-6-20-21(23(28)31-15(2)3)22(27-24(29)26-20)17-7-5-8-19(13-17)30-14-16-9-11-18(25)12-10-16/h5,7-13,15,22H,4,6,14H2,1-3H3,(H2,26,27,29). The van der Waals surface area contributed by atoms with Crippen molar-refractivity contribution in [1.29, 1.82) is 0 Å². The van der Waals surface area contributed by atoms with Crippen LogP contribution in [0.5, 0.6) is 5.75 Å². The van der Waals surface area contributed by atoms with Gasteiger partial charge >= 0.3 is 12.0 Å². The molecule has 1 atom stereocenters. The number of amides is 2. The lowest BCUT2D eigenvalue weighted by Gasteiger charge is -2.30. The molecule has 0 spiro atoms. The highest BCUT2D eigenvalue weighted by atomic mass is 35.5. The number of carbonyl (C=O) groups is 2. The van der Waals surface area contributed by atoms with Gasteiger partial charge in [-0.15, -0.1) is 0 Å². The van der Waals surface area contributed by atoms with E-state index in [9.17, 15) is 9.59 Å². The molecule has 164 valence electrons. The molecule has 31 heavy (non-hydrogen) atoms. The summed E-state index contributed by atoms with van der Waals surface area (Å²) in [7, 11) is 0. The predicted octanol–water partition coefficient (Wildman–Crippen LogP) is 5.28. The molecule has 0 fully saturated rings. The van der Waals surface area contributed by atoms with Gasteiger partial charge in [-0.2, -0.15) is 0 Å². The third-order valence-electron chi connectivity index (χ3n) is 4.73. The summed E-state index contributed by atoms with van der Waals surface area (Å²) >= 11 is 5.93. The molecule has 6 nitrogen and oxygen atoms in total. The van der Waals surface area contributed by atoms with E-state index in [0.29, 0.717) is 35.1 Å². The molecule has 1 heterocycles. The normalized spacial score (nSPS) is 16.0. The summed E-state index contributed by atoms with van der Waals surface area (Å²) in [6, 6.07) is 13.8. The molecular formula is C24H27ClN2O4. The Hall–Kier alpha value is -2.99. The molecule has 2 aromatic rings. The lowest BCUT2D eigenvalue weighted by Crippen LogP contribution is -2.46. The zero-order valence-corrected chi connectivity index (χ0v) is 18.7. The van der Waals surface area contributed by atoms with Crippen molar-refractivity contribution in [1.82, 2.24) is 10.6 Å². The quantitative estimate of drug-likeness (QED) is 0.545. The molecule has 0 radical (unpaired) electrons. The lowest BCUT2D eigenvalue weighted by atomic mass is 9.93. The Balaban J connectivity index is 1.88. The van der Waals surface area contributed by atoms with E-state index < -0.39 is 12.0 Å². The van der Waals surface area contributed by atoms with Gasteiger partial charge in [0.1, 0.15) is 12.4 Å². The maximum atomic E-state index is 12.9. The van der Waals surface area contributed by atoms with Crippen molar-refractivity contribution in [3.05, 3.63) is 76.0 Å². The fraction of sp³-hybridized carbons (Fsp3) is 0.333. The average Bonchev–Trinajstić information content (AvgIpc) is 2.73. The highest BCUT2D eigenvalue weighted by Gasteiger charge is 2.33. The molecule has 7 heteroatoms. The van der Waals surface area contributed by atoms with Crippen molar-refractivity contribution in [3.8, 4) is 5.75 Å². The number of nitrogens with one attached hydrogen (secondary N) is 2. The van der Waals surface area contributed by atoms with Crippen LogP contribution in [0.4, 0.5) is 4.79 Å². The average molecular weight is 443 g/mol. The van der Waals surface area contributed by atoms with E-state index >= 15 is 0 Å². The number of hydrogen-bond acceptors (Lipinski definition) is 4. The molecule has 1 unspecified atom stereocenters. The van der Waals surface area contributed by atoms with Gasteiger partial charge in [0.25, 0.3) is 0 Å². The second-order valence-electron chi connectivity index (χ2n) is 7.62. The minimum atomic E-state index is -0.624. The minimum absolute atomic E-state index is 0.268. The molecule has 3 rings (SSSR count). The molecule has 2 amide bonds. The van der Waals surface area contributed by atoms with E-state index in [4.69, 9.17) is 21.1 Å². The zero-order valence-electron chi connectivity index (χ0n) is 17.9. The molecule has 2 N–H and O–H groups in total. The minimum Gasteiger partial charge on any atom is -0.489 e. The van der Waals surface area contributed by atoms with E-state index in [1.807, 2.05) is 55.5 Å². The Labute approximate surface area is 187 Å². The van der Waals surface area contributed by atoms with Crippen LogP contribution < -0.4 is 15.4 Å². The van der Waals surface area contributed by atoms with Crippen LogP contribution >= 0.6 is 11.6 Å². The van der Waals surface area contributed by atoms with Crippen molar-refractivity contribution in [2.75, 3.05) is 0 Å². The van der Waals surface area contributed by atoms with E-state index in [0.717, 1.165) is 17.5 Å². The van der Waals surface area contributed by atoms with E-state index in [-0.39, 0.29) is 12.1 Å². The Bertz CT molecular complexity index is 970. The molecule has 0 aliphatic carbocycles. The third kappa shape index (κ3) is 6.01. The van der Waals surface area contributed by atoms with Gasteiger partial charge < -0.3 is 20.1 Å². The fourth-order valence-corrected chi connectivity index (χ4v) is 3.49. The zero-order chi connectivity index (χ0) is 22.4. The molecule has 1 aliphatic rings. The van der Waals surface area contributed by atoms with Gasteiger partial charge in [-0.05, 0) is 55.7 Å². The number of allylic oxidation sites excluding steroid dienone is 1. The summed E-state index contributed by atoms with van der Waals surface area (Å²) < 4.78 is 11.4. The molecule has 2 aromatic carbocycles. The summed E-state index contributed by atoms with van der Waals surface area (Å²) in [6.45, 7) is 5.96. The Morgan fingerprint density at radius 2 is 1.90 bits per heavy atom. The number of ether oxygens (including phenoxy) is 2. The number of benzene rings is 2. The first-order valence-corrected chi connectivity index (χ1v) is 10.7. The number of hydrogen-bond donors (Lipinski definition) is 2. The van der Waals surface area contributed by atoms with Gasteiger partial charge in [-0.1, -0.05) is 49.2 Å². The van der Waals surface area contributed by atoms with Crippen LogP contribution in [0, 0.1) is 0 Å². The van der Waals surface area contributed by atoms with Crippen molar-refractivity contribution >= 4 is 23.6 Å². The maximum absolute atomic E-state index is 12.9. The first-order chi connectivity index (χ1) is 14.9. The van der Waals surface area contributed by atoms with Crippen LogP contribution in [0.15, 0.2) is 59.8 Å². The van der Waals surface area contributed by atoms with Crippen LogP contribution in [-0.4, -0.2) is 18.1 Å². The predicted molar refractivity (Wildman–Crippen MR) is 120 cm³/mol. The maximum Gasteiger partial charge on any atom is 0.338 e. The Kier molecular flexibility index (Phi) is 7.58. The smallest absolute Gasteiger partial charge is 0.338 e. The molecule has 0 bridgehead atoms. The van der Waals surface area contributed by atoms with Crippen LogP contribution in [0.1, 0.15) is 50.8 Å². The lowest BCUT2D eigenvalue weighted by molar-refractivity contribution is -0.143. The van der Waals surface area contributed by atoms with Gasteiger partial charge in [0.2, 0.25) is 0 Å². The SMILES string of the molecule is CCCC1=C(C(=O)OC(C)C)C(c2cccc(OCc3ccc(Cl)cc3)c2)NC(=O)N1. The molecule has 0 aromatic heterocycles. The van der Waals surface area contributed by atoms with Crippen LogP contribution in [0.2, 0.25) is 5.02 Å². The van der Waals surface area contributed by atoms with Gasteiger partial charge in [0.15, 0.2) is 0 Å². The second-order valence-corrected chi connectivity index (χ2v) is 8.05.